The molecule has 1 aliphatic heterocycles. The Kier molecular flexibility index (Phi) is 4.74. The van der Waals surface area contributed by atoms with Gasteiger partial charge in [0.15, 0.2) is 0 Å². The van der Waals surface area contributed by atoms with Crippen molar-refractivity contribution in [1.82, 2.24) is 4.90 Å². The van der Waals surface area contributed by atoms with Gasteiger partial charge in [-0.3, -0.25) is 9.69 Å². The molecular formula is C12H23NO3. The molecule has 0 spiro atoms. The fraction of sp³-hybridized carbons (Fsp3) is 0.917. The van der Waals surface area contributed by atoms with Crippen LogP contribution < -0.4 is 0 Å². The maximum atomic E-state index is 11.2. The van der Waals surface area contributed by atoms with E-state index in [0.717, 1.165) is 12.8 Å². The highest BCUT2D eigenvalue weighted by Crippen LogP contribution is 2.24. The number of aliphatic carboxylic acids is 1. The van der Waals surface area contributed by atoms with Gasteiger partial charge < -0.3 is 10.2 Å². The van der Waals surface area contributed by atoms with Gasteiger partial charge in [0.1, 0.15) is 6.04 Å². The number of hydrogen-bond donors (Lipinski definition) is 2. The van der Waals surface area contributed by atoms with Gasteiger partial charge in [-0.15, -0.1) is 0 Å². The molecule has 4 heteroatoms. The standard InChI is InChI=1S/C12H23NO3/c1-3-4-5-10(11(14)15)13-8-6-12(2,16)7-9-13/h10,16H,3-9H2,1-2H3,(H,14,15). The van der Waals surface area contributed by atoms with Crippen molar-refractivity contribution in [3.63, 3.8) is 0 Å². The Morgan fingerprint density at radius 2 is 2.00 bits per heavy atom. The Morgan fingerprint density at radius 3 is 2.44 bits per heavy atom. The first-order valence-electron chi connectivity index (χ1n) is 6.15. The largest absolute Gasteiger partial charge is 0.480 e. The van der Waals surface area contributed by atoms with Crippen LogP contribution >= 0.6 is 0 Å². The molecule has 1 fully saturated rings. The highest BCUT2D eigenvalue weighted by Gasteiger charge is 2.33. The van der Waals surface area contributed by atoms with Gasteiger partial charge in [-0.2, -0.15) is 0 Å². The summed E-state index contributed by atoms with van der Waals surface area (Å²) in [5, 5.41) is 19.0. The number of hydrogen-bond acceptors (Lipinski definition) is 3. The summed E-state index contributed by atoms with van der Waals surface area (Å²) in [6.45, 7) is 5.27. The third-order valence-electron chi connectivity index (χ3n) is 3.43. The summed E-state index contributed by atoms with van der Waals surface area (Å²) in [5.41, 5.74) is -0.607. The Balaban J connectivity index is 2.50. The van der Waals surface area contributed by atoms with E-state index >= 15 is 0 Å². The highest BCUT2D eigenvalue weighted by molar-refractivity contribution is 5.73. The quantitative estimate of drug-likeness (QED) is 0.749. The molecule has 94 valence electrons. The summed E-state index contributed by atoms with van der Waals surface area (Å²) in [5.74, 6) is -0.727. The van der Waals surface area contributed by atoms with Crippen LogP contribution in [-0.2, 0) is 4.79 Å². The number of rotatable bonds is 5. The molecule has 4 nitrogen and oxygen atoms in total. The molecule has 0 amide bonds. The minimum Gasteiger partial charge on any atom is -0.480 e. The highest BCUT2D eigenvalue weighted by atomic mass is 16.4. The normalized spacial score (nSPS) is 22.9. The second kappa shape index (κ2) is 5.64. The monoisotopic (exact) mass is 229 g/mol. The second-order valence-electron chi connectivity index (χ2n) is 5.03. The van der Waals surface area contributed by atoms with Crippen molar-refractivity contribution in [1.29, 1.82) is 0 Å². The first-order valence-corrected chi connectivity index (χ1v) is 6.15. The fourth-order valence-corrected chi connectivity index (χ4v) is 2.18. The fourth-order valence-electron chi connectivity index (χ4n) is 2.18. The zero-order valence-corrected chi connectivity index (χ0v) is 10.3. The molecule has 0 aliphatic carbocycles. The van der Waals surface area contributed by atoms with E-state index in [9.17, 15) is 15.0 Å². The van der Waals surface area contributed by atoms with E-state index in [2.05, 4.69) is 6.92 Å². The van der Waals surface area contributed by atoms with Crippen LogP contribution in [0, 0.1) is 0 Å². The number of piperidine rings is 1. The van der Waals surface area contributed by atoms with E-state index in [-0.39, 0.29) is 6.04 Å². The third-order valence-corrected chi connectivity index (χ3v) is 3.43. The number of nitrogens with zero attached hydrogens (tertiary/aromatic N) is 1. The summed E-state index contributed by atoms with van der Waals surface area (Å²) in [4.78, 5) is 13.2. The van der Waals surface area contributed by atoms with Gasteiger partial charge in [0.2, 0.25) is 0 Å². The number of carbonyl (C=O) groups is 1. The number of carboxylic acid groups (broad SMARTS) is 1. The molecule has 1 unspecified atom stereocenters. The summed E-state index contributed by atoms with van der Waals surface area (Å²) in [6, 6.07) is -0.365. The molecule has 0 aromatic rings. The predicted octanol–water partition coefficient (Wildman–Crippen LogP) is 1.48. The van der Waals surface area contributed by atoms with Crippen molar-refractivity contribution in [2.24, 2.45) is 0 Å². The molecule has 1 saturated heterocycles. The van der Waals surface area contributed by atoms with Crippen LogP contribution in [0.3, 0.4) is 0 Å². The lowest BCUT2D eigenvalue weighted by Gasteiger charge is -2.38. The summed E-state index contributed by atoms with van der Waals surface area (Å²) >= 11 is 0. The molecule has 0 saturated carbocycles. The summed E-state index contributed by atoms with van der Waals surface area (Å²) < 4.78 is 0. The summed E-state index contributed by atoms with van der Waals surface area (Å²) in [7, 11) is 0. The molecular weight excluding hydrogens is 206 g/mol. The van der Waals surface area contributed by atoms with Gasteiger partial charge in [-0.05, 0) is 26.2 Å². The van der Waals surface area contributed by atoms with Gasteiger partial charge in [-0.25, -0.2) is 0 Å². The molecule has 1 rings (SSSR count). The van der Waals surface area contributed by atoms with Crippen molar-refractivity contribution in [2.45, 2.75) is 57.6 Å². The van der Waals surface area contributed by atoms with Crippen LogP contribution in [0.4, 0.5) is 0 Å². The van der Waals surface area contributed by atoms with E-state index < -0.39 is 11.6 Å². The van der Waals surface area contributed by atoms with Crippen molar-refractivity contribution < 1.29 is 15.0 Å². The lowest BCUT2D eigenvalue weighted by molar-refractivity contribution is -0.145. The molecule has 0 aromatic heterocycles. The lowest BCUT2D eigenvalue weighted by atomic mass is 9.92. The van der Waals surface area contributed by atoms with Crippen molar-refractivity contribution in [3.8, 4) is 0 Å². The average Bonchev–Trinajstić information content (AvgIpc) is 2.20. The van der Waals surface area contributed by atoms with Gasteiger partial charge >= 0.3 is 5.97 Å². The zero-order chi connectivity index (χ0) is 12.2. The number of aliphatic hydroxyl groups is 1. The third kappa shape index (κ3) is 3.76. The first-order chi connectivity index (χ1) is 7.46. The van der Waals surface area contributed by atoms with Crippen molar-refractivity contribution in [3.05, 3.63) is 0 Å². The average molecular weight is 229 g/mol. The number of likely N-dealkylation sites (tertiary alicyclic amines) is 1. The Bertz CT molecular complexity index is 230. The minimum absolute atomic E-state index is 0.365. The molecule has 1 atom stereocenters. The SMILES string of the molecule is CCCCC(C(=O)O)N1CCC(C)(O)CC1. The van der Waals surface area contributed by atoms with Crippen LogP contribution in [0.15, 0.2) is 0 Å². The van der Waals surface area contributed by atoms with Crippen LogP contribution in [0.1, 0.15) is 46.0 Å². The Labute approximate surface area is 97.3 Å². The van der Waals surface area contributed by atoms with Gasteiger partial charge in [0, 0.05) is 13.1 Å². The predicted molar refractivity (Wildman–Crippen MR) is 62.4 cm³/mol. The van der Waals surface area contributed by atoms with Gasteiger partial charge in [-0.1, -0.05) is 19.8 Å². The van der Waals surface area contributed by atoms with Crippen LogP contribution in [0.25, 0.3) is 0 Å². The molecule has 0 radical (unpaired) electrons. The first kappa shape index (κ1) is 13.5. The zero-order valence-electron chi connectivity index (χ0n) is 10.3. The molecule has 1 aliphatic rings. The van der Waals surface area contributed by atoms with E-state index in [1.54, 1.807) is 0 Å². The van der Waals surface area contributed by atoms with E-state index in [1.807, 2.05) is 11.8 Å². The van der Waals surface area contributed by atoms with E-state index in [1.165, 1.54) is 0 Å². The molecule has 1 heterocycles. The number of carboxylic acids is 1. The van der Waals surface area contributed by atoms with E-state index in [4.69, 9.17) is 0 Å². The second-order valence-corrected chi connectivity index (χ2v) is 5.03. The van der Waals surface area contributed by atoms with Crippen LogP contribution in [0.2, 0.25) is 0 Å². The molecule has 0 aromatic carbocycles. The van der Waals surface area contributed by atoms with E-state index in [0.29, 0.717) is 32.4 Å². The van der Waals surface area contributed by atoms with Gasteiger partial charge in [0.05, 0.1) is 5.60 Å². The number of unbranched alkanes of at least 4 members (excludes halogenated alkanes) is 1. The maximum absolute atomic E-state index is 11.2. The Hall–Kier alpha value is -0.610. The molecule has 16 heavy (non-hydrogen) atoms. The molecule has 2 N–H and O–H groups in total. The van der Waals surface area contributed by atoms with Crippen molar-refractivity contribution in [2.75, 3.05) is 13.1 Å². The van der Waals surface area contributed by atoms with Crippen LogP contribution in [-0.4, -0.2) is 45.8 Å². The van der Waals surface area contributed by atoms with Crippen LogP contribution in [0.5, 0.6) is 0 Å². The lowest BCUT2D eigenvalue weighted by Crippen LogP contribution is -2.49. The topological polar surface area (TPSA) is 60.8 Å². The minimum atomic E-state index is -0.727. The Morgan fingerprint density at radius 1 is 1.44 bits per heavy atom. The molecule has 0 bridgehead atoms. The maximum Gasteiger partial charge on any atom is 0.320 e. The summed E-state index contributed by atoms with van der Waals surface area (Å²) in [6.07, 6.45) is 4.03. The smallest absolute Gasteiger partial charge is 0.320 e. The van der Waals surface area contributed by atoms with Crippen molar-refractivity contribution >= 4 is 5.97 Å². The van der Waals surface area contributed by atoms with Gasteiger partial charge in [0.25, 0.3) is 0 Å².